The Morgan fingerprint density at radius 1 is 1.54 bits per heavy atom. The average Bonchev–Trinajstić information content (AvgIpc) is 2.19. The Hall–Kier alpha value is 0.01000. The second-order valence-electron chi connectivity index (χ2n) is 3.06. The van der Waals surface area contributed by atoms with Crippen LogP contribution in [0.25, 0.3) is 0 Å². The molecule has 0 spiro atoms. The van der Waals surface area contributed by atoms with Crippen molar-refractivity contribution in [1.82, 2.24) is 0 Å². The number of rotatable bonds is 5. The van der Waals surface area contributed by atoms with Crippen molar-refractivity contribution in [2.45, 2.75) is 32.0 Å². The van der Waals surface area contributed by atoms with Gasteiger partial charge in [-0.3, -0.25) is 0 Å². The molecule has 13 heavy (non-hydrogen) atoms. The first-order valence-corrected chi connectivity index (χ1v) is 6.13. The molecule has 76 valence electrons. The van der Waals surface area contributed by atoms with Gasteiger partial charge in [0.05, 0.1) is 6.61 Å². The van der Waals surface area contributed by atoms with Crippen LogP contribution in [0.5, 0.6) is 0 Å². The second-order valence-corrected chi connectivity index (χ2v) is 3.81. The normalized spacial score (nSPS) is 23.9. The van der Waals surface area contributed by atoms with E-state index in [2.05, 4.69) is 17.7 Å². The Morgan fingerprint density at radius 2 is 2.46 bits per heavy atom. The SMILES string of the molecule is CS/C=C/CCOC1CCCCO1. The van der Waals surface area contributed by atoms with Crippen LogP contribution in [-0.2, 0) is 9.47 Å². The zero-order valence-corrected chi connectivity index (χ0v) is 9.02. The standard InChI is InChI=1S/C10H18O2S/c1-13-9-5-4-8-12-10-6-2-3-7-11-10/h5,9-10H,2-4,6-8H2,1H3/b9-5+. The molecule has 1 saturated heterocycles. The molecule has 1 aliphatic heterocycles. The van der Waals surface area contributed by atoms with Crippen molar-refractivity contribution < 1.29 is 9.47 Å². The van der Waals surface area contributed by atoms with E-state index in [1.54, 1.807) is 11.8 Å². The maximum absolute atomic E-state index is 5.55. The first-order valence-electron chi connectivity index (χ1n) is 4.84. The second kappa shape index (κ2) is 7.42. The van der Waals surface area contributed by atoms with Gasteiger partial charge < -0.3 is 9.47 Å². The molecule has 1 atom stereocenters. The maximum atomic E-state index is 5.55. The molecule has 3 heteroatoms. The van der Waals surface area contributed by atoms with Gasteiger partial charge in [-0.15, -0.1) is 11.8 Å². The van der Waals surface area contributed by atoms with E-state index in [4.69, 9.17) is 9.47 Å². The summed E-state index contributed by atoms with van der Waals surface area (Å²) >= 11 is 1.72. The average molecular weight is 202 g/mol. The van der Waals surface area contributed by atoms with Crippen LogP contribution in [-0.4, -0.2) is 25.8 Å². The minimum absolute atomic E-state index is 0.0661. The van der Waals surface area contributed by atoms with Crippen molar-refractivity contribution in [3.8, 4) is 0 Å². The van der Waals surface area contributed by atoms with E-state index in [0.717, 1.165) is 26.1 Å². The summed E-state index contributed by atoms with van der Waals surface area (Å²) in [6.07, 6.45) is 8.73. The fraction of sp³-hybridized carbons (Fsp3) is 0.800. The number of thioether (sulfide) groups is 1. The van der Waals surface area contributed by atoms with Gasteiger partial charge in [0.25, 0.3) is 0 Å². The summed E-state index contributed by atoms with van der Waals surface area (Å²) in [6.45, 7) is 1.65. The predicted molar refractivity (Wildman–Crippen MR) is 56.8 cm³/mol. The zero-order valence-electron chi connectivity index (χ0n) is 8.20. The molecule has 0 aromatic heterocycles. The minimum Gasteiger partial charge on any atom is -0.353 e. The van der Waals surface area contributed by atoms with Gasteiger partial charge >= 0.3 is 0 Å². The third kappa shape index (κ3) is 5.34. The van der Waals surface area contributed by atoms with Crippen molar-refractivity contribution in [2.75, 3.05) is 19.5 Å². The lowest BCUT2D eigenvalue weighted by Crippen LogP contribution is -2.22. The molecule has 0 N–H and O–H groups in total. The van der Waals surface area contributed by atoms with Crippen molar-refractivity contribution in [3.05, 3.63) is 11.5 Å². The quantitative estimate of drug-likeness (QED) is 0.639. The van der Waals surface area contributed by atoms with Gasteiger partial charge in [-0.2, -0.15) is 0 Å². The maximum Gasteiger partial charge on any atom is 0.157 e. The van der Waals surface area contributed by atoms with Crippen molar-refractivity contribution in [2.24, 2.45) is 0 Å². The highest BCUT2D eigenvalue weighted by Gasteiger charge is 2.12. The molecular weight excluding hydrogens is 184 g/mol. The fourth-order valence-corrected chi connectivity index (χ4v) is 1.60. The molecule has 0 aromatic carbocycles. The number of ether oxygens (including phenoxy) is 2. The summed E-state index contributed by atoms with van der Waals surface area (Å²) in [5.74, 6) is 0. The Morgan fingerprint density at radius 3 is 3.15 bits per heavy atom. The summed E-state index contributed by atoms with van der Waals surface area (Å²) in [4.78, 5) is 0. The lowest BCUT2D eigenvalue weighted by Gasteiger charge is -2.22. The van der Waals surface area contributed by atoms with E-state index in [1.807, 2.05) is 0 Å². The van der Waals surface area contributed by atoms with Gasteiger partial charge in [0.15, 0.2) is 6.29 Å². The van der Waals surface area contributed by atoms with E-state index >= 15 is 0 Å². The van der Waals surface area contributed by atoms with E-state index in [9.17, 15) is 0 Å². The van der Waals surface area contributed by atoms with Crippen LogP contribution in [0, 0.1) is 0 Å². The van der Waals surface area contributed by atoms with Crippen LogP contribution >= 0.6 is 11.8 Å². The molecule has 0 aromatic rings. The first-order chi connectivity index (χ1) is 6.43. The van der Waals surface area contributed by atoms with Crippen LogP contribution in [0.15, 0.2) is 11.5 Å². The molecule has 0 aliphatic carbocycles. The lowest BCUT2D eigenvalue weighted by molar-refractivity contribution is -0.161. The summed E-state index contributed by atoms with van der Waals surface area (Å²) in [5.41, 5.74) is 0. The van der Waals surface area contributed by atoms with Gasteiger partial charge in [0.1, 0.15) is 0 Å². The van der Waals surface area contributed by atoms with E-state index in [1.165, 1.54) is 12.8 Å². The molecule has 0 saturated carbocycles. The largest absolute Gasteiger partial charge is 0.353 e. The lowest BCUT2D eigenvalue weighted by atomic mass is 10.2. The molecule has 0 amide bonds. The van der Waals surface area contributed by atoms with Gasteiger partial charge in [-0.1, -0.05) is 6.08 Å². The van der Waals surface area contributed by atoms with E-state index < -0.39 is 0 Å². The molecule has 2 nitrogen and oxygen atoms in total. The highest BCUT2D eigenvalue weighted by molar-refractivity contribution is 8.01. The third-order valence-electron chi connectivity index (χ3n) is 1.96. The van der Waals surface area contributed by atoms with Gasteiger partial charge in [-0.05, 0) is 37.3 Å². The minimum atomic E-state index is 0.0661. The van der Waals surface area contributed by atoms with Crippen molar-refractivity contribution >= 4 is 11.8 Å². The van der Waals surface area contributed by atoms with Crippen LogP contribution in [0.2, 0.25) is 0 Å². The highest BCUT2D eigenvalue weighted by Crippen LogP contribution is 2.13. The van der Waals surface area contributed by atoms with Crippen molar-refractivity contribution in [1.29, 1.82) is 0 Å². The molecule has 1 heterocycles. The van der Waals surface area contributed by atoms with Gasteiger partial charge in [0, 0.05) is 6.61 Å². The first kappa shape index (κ1) is 11.1. The van der Waals surface area contributed by atoms with E-state index in [-0.39, 0.29) is 6.29 Å². The summed E-state index contributed by atoms with van der Waals surface area (Å²) in [5, 5.41) is 2.09. The van der Waals surface area contributed by atoms with Crippen LogP contribution < -0.4 is 0 Å². The molecule has 0 radical (unpaired) electrons. The number of hydrogen-bond acceptors (Lipinski definition) is 3. The Balaban J connectivity index is 1.95. The zero-order chi connectivity index (χ0) is 9.36. The fourth-order valence-electron chi connectivity index (χ4n) is 1.27. The molecule has 1 aliphatic rings. The summed E-state index contributed by atoms with van der Waals surface area (Å²) < 4.78 is 11.0. The summed E-state index contributed by atoms with van der Waals surface area (Å²) in [7, 11) is 0. The monoisotopic (exact) mass is 202 g/mol. The van der Waals surface area contributed by atoms with Gasteiger partial charge in [0.2, 0.25) is 0 Å². The Kier molecular flexibility index (Phi) is 6.33. The van der Waals surface area contributed by atoms with Crippen LogP contribution in [0.4, 0.5) is 0 Å². The topological polar surface area (TPSA) is 18.5 Å². The van der Waals surface area contributed by atoms with Gasteiger partial charge in [-0.25, -0.2) is 0 Å². The molecule has 1 rings (SSSR count). The Bertz CT molecular complexity index is 142. The van der Waals surface area contributed by atoms with Crippen LogP contribution in [0.3, 0.4) is 0 Å². The molecule has 1 unspecified atom stereocenters. The van der Waals surface area contributed by atoms with Crippen molar-refractivity contribution in [3.63, 3.8) is 0 Å². The predicted octanol–water partition coefficient (Wildman–Crippen LogP) is 2.80. The Labute approximate surface area is 84.7 Å². The molecular formula is C10H18O2S. The summed E-state index contributed by atoms with van der Waals surface area (Å²) in [6, 6.07) is 0. The smallest absolute Gasteiger partial charge is 0.157 e. The third-order valence-corrected chi connectivity index (χ3v) is 2.42. The molecule has 0 bridgehead atoms. The number of hydrogen-bond donors (Lipinski definition) is 0. The molecule has 1 fully saturated rings. The van der Waals surface area contributed by atoms with E-state index in [0.29, 0.717) is 0 Å². The highest BCUT2D eigenvalue weighted by atomic mass is 32.2. The van der Waals surface area contributed by atoms with Crippen LogP contribution in [0.1, 0.15) is 25.7 Å².